The van der Waals surface area contributed by atoms with Gasteiger partial charge in [-0.1, -0.05) is 33.8 Å². The van der Waals surface area contributed by atoms with Crippen LogP contribution in [0.1, 0.15) is 44.6 Å². The number of hydrogen-bond acceptors (Lipinski definition) is 2. The summed E-state index contributed by atoms with van der Waals surface area (Å²) >= 11 is 0. The van der Waals surface area contributed by atoms with Crippen molar-refractivity contribution in [2.75, 3.05) is 6.54 Å². The molecule has 2 heteroatoms. The van der Waals surface area contributed by atoms with Crippen LogP contribution in [0.2, 0.25) is 0 Å². The highest BCUT2D eigenvalue weighted by atomic mass is 16.3. The van der Waals surface area contributed by atoms with Crippen LogP contribution in [-0.4, -0.2) is 6.54 Å². The van der Waals surface area contributed by atoms with Crippen LogP contribution in [-0.2, 0) is 12.0 Å². The monoisotopic (exact) mass is 245 g/mol. The third-order valence-corrected chi connectivity index (χ3v) is 3.17. The van der Waals surface area contributed by atoms with Crippen molar-refractivity contribution in [3.05, 3.63) is 35.1 Å². The first kappa shape index (κ1) is 13.2. The van der Waals surface area contributed by atoms with Gasteiger partial charge in [-0.25, -0.2) is 0 Å². The first-order valence-electron chi connectivity index (χ1n) is 6.66. The van der Waals surface area contributed by atoms with Gasteiger partial charge >= 0.3 is 0 Å². The Morgan fingerprint density at radius 3 is 2.50 bits per heavy atom. The second-order valence-corrected chi connectivity index (χ2v) is 5.97. The van der Waals surface area contributed by atoms with Crippen molar-refractivity contribution in [1.82, 2.24) is 5.32 Å². The lowest BCUT2D eigenvalue weighted by atomic mass is 9.85. The number of rotatable bonds is 3. The molecule has 0 radical (unpaired) electrons. The van der Waals surface area contributed by atoms with Gasteiger partial charge in [0.15, 0.2) is 0 Å². The van der Waals surface area contributed by atoms with Gasteiger partial charge in [0, 0.05) is 10.9 Å². The van der Waals surface area contributed by atoms with Crippen molar-refractivity contribution in [1.29, 1.82) is 0 Å². The minimum atomic E-state index is 0.109. The standard InChI is InChI=1S/C16H23NO/c1-6-17-10-13-9-12-7-11(2)8-14(15(12)18-13)16(3,4)5/h7-9,17H,6,10H2,1-5H3. The van der Waals surface area contributed by atoms with E-state index in [0.29, 0.717) is 0 Å². The normalized spacial score (nSPS) is 12.3. The lowest BCUT2D eigenvalue weighted by molar-refractivity contribution is 0.505. The van der Waals surface area contributed by atoms with Gasteiger partial charge in [0.2, 0.25) is 0 Å². The molecule has 0 amide bonds. The second kappa shape index (κ2) is 4.77. The Morgan fingerprint density at radius 1 is 1.17 bits per heavy atom. The molecule has 1 N–H and O–H groups in total. The highest BCUT2D eigenvalue weighted by molar-refractivity contribution is 5.83. The highest BCUT2D eigenvalue weighted by Crippen LogP contribution is 2.33. The predicted molar refractivity (Wildman–Crippen MR) is 77.0 cm³/mol. The van der Waals surface area contributed by atoms with Crippen LogP contribution in [0, 0.1) is 6.92 Å². The maximum atomic E-state index is 6.02. The summed E-state index contributed by atoms with van der Waals surface area (Å²) in [6.07, 6.45) is 0. The molecular formula is C16H23NO. The number of nitrogens with one attached hydrogen (secondary N) is 1. The molecule has 2 aromatic rings. The van der Waals surface area contributed by atoms with E-state index >= 15 is 0 Å². The molecule has 0 saturated heterocycles. The quantitative estimate of drug-likeness (QED) is 0.878. The summed E-state index contributed by atoms with van der Waals surface area (Å²) in [6.45, 7) is 12.7. The maximum Gasteiger partial charge on any atom is 0.138 e. The molecule has 0 unspecified atom stereocenters. The van der Waals surface area contributed by atoms with Crippen molar-refractivity contribution in [2.24, 2.45) is 0 Å². The molecule has 18 heavy (non-hydrogen) atoms. The van der Waals surface area contributed by atoms with E-state index in [-0.39, 0.29) is 5.41 Å². The van der Waals surface area contributed by atoms with Gasteiger partial charge in [-0.3, -0.25) is 0 Å². The second-order valence-electron chi connectivity index (χ2n) is 5.97. The minimum Gasteiger partial charge on any atom is -0.459 e. The molecule has 2 nitrogen and oxygen atoms in total. The molecule has 2 rings (SSSR count). The summed E-state index contributed by atoms with van der Waals surface area (Å²) < 4.78 is 6.02. The summed E-state index contributed by atoms with van der Waals surface area (Å²) in [5, 5.41) is 4.52. The van der Waals surface area contributed by atoms with E-state index in [2.05, 4.69) is 58.1 Å². The fourth-order valence-corrected chi connectivity index (χ4v) is 2.25. The number of fused-ring (bicyclic) bond motifs is 1. The lowest BCUT2D eigenvalue weighted by Crippen LogP contribution is -2.12. The highest BCUT2D eigenvalue weighted by Gasteiger charge is 2.20. The summed E-state index contributed by atoms with van der Waals surface area (Å²) in [5.41, 5.74) is 3.74. The zero-order chi connectivity index (χ0) is 13.3. The number of aryl methyl sites for hydroxylation is 1. The molecule has 0 aliphatic rings. The predicted octanol–water partition coefficient (Wildman–Crippen LogP) is 4.15. The zero-order valence-electron chi connectivity index (χ0n) is 12.1. The summed E-state index contributed by atoms with van der Waals surface area (Å²) in [7, 11) is 0. The van der Waals surface area contributed by atoms with Crippen molar-refractivity contribution in [3.8, 4) is 0 Å². The van der Waals surface area contributed by atoms with Gasteiger partial charge in [0.1, 0.15) is 11.3 Å². The Hall–Kier alpha value is -1.28. The smallest absolute Gasteiger partial charge is 0.138 e. The van der Waals surface area contributed by atoms with Crippen LogP contribution in [0.5, 0.6) is 0 Å². The topological polar surface area (TPSA) is 25.2 Å². The fraction of sp³-hybridized carbons (Fsp3) is 0.500. The number of hydrogen-bond donors (Lipinski definition) is 1. The van der Waals surface area contributed by atoms with Gasteiger partial charge in [-0.05, 0) is 36.6 Å². The van der Waals surface area contributed by atoms with Gasteiger partial charge in [-0.2, -0.15) is 0 Å². The fourth-order valence-electron chi connectivity index (χ4n) is 2.25. The van der Waals surface area contributed by atoms with E-state index in [9.17, 15) is 0 Å². The summed E-state index contributed by atoms with van der Waals surface area (Å²) in [4.78, 5) is 0. The van der Waals surface area contributed by atoms with E-state index in [4.69, 9.17) is 4.42 Å². The molecule has 0 aliphatic heterocycles. The molecule has 0 atom stereocenters. The maximum absolute atomic E-state index is 6.02. The van der Waals surface area contributed by atoms with Crippen molar-refractivity contribution >= 4 is 11.0 Å². The molecule has 1 aromatic carbocycles. The third kappa shape index (κ3) is 2.59. The van der Waals surface area contributed by atoms with Crippen LogP contribution in [0.15, 0.2) is 22.6 Å². The lowest BCUT2D eigenvalue weighted by Gasteiger charge is -2.19. The van der Waals surface area contributed by atoms with Gasteiger partial charge in [-0.15, -0.1) is 0 Å². The van der Waals surface area contributed by atoms with E-state index in [1.54, 1.807) is 0 Å². The molecular weight excluding hydrogens is 222 g/mol. The van der Waals surface area contributed by atoms with Crippen LogP contribution < -0.4 is 5.32 Å². The molecule has 1 heterocycles. The summed E-state index contributed by atoms with van der Waals surface area (Å²) in [6, 6.07) is 6.59. The Kier molecular flexibility index (Phi) is 3.49. The van der Waals surface area contributed by atoms with E-state index in [0.717, 1.165) is 24.4 Å². The zero-order valence-corrected chi connectivity index (χ0v) is 12.1. The minimum absolute atomic E-state index is 0.109. The largest absolute Gasteiger partial charge is 0.459 e. The van der Waals surface area contributed by atoms with Gasteiger partial charge in [0.05, 0.1) is 6.54 Å². The Balaban J connectivity index is 2.53. The van der Waals surface area contributed by atoms with Crippen LogP contribution >= 0.6 is 0 Å². The molecule has 0 bridgehead atoms. The third-order valence-electron chi connectivity index (χ3n) is 3.17. The van der Waals surface area contributed by atoms with Gasteiger partial charge < -0.3 is 9.73 Å². The number of benzene rings is 1. The van der Waals surface area contributed by atoms with Crippen LogP contribution in [0.4, 0.5) is 0 Å². The van der Waals surface area contributed by atoms with E-state index < -0.39 is 0 Å². The molecule has 1 aromatic heterocycles. The Bertz CT molecular complexity index is 546. The molecule has 0 aliphatic carbocycles. The van der Waals surface area contributed by atoms with Crippen molar-refractivity contribution in [3.63, 3.8) is 0 Å². The van der Waals surface area contributed by atoms with Crippen molar-refractivity contribution in [2.45, 2.75) is 46.6 Å². The Labute approximate surface area is 109 Å². The van der Waals surface area contributed by atoms with Gasteiger partial charge in [0.25, 0.3) is 0 Å². The van der Waals surface area contributed by atoms with Crippen molar-refractivity contribution < 1.29 is 4.42 Å². The van der Waals surface area contributed by atoms with E-state index in [1.807, 2.05) is 0 Å². The van der Waals surface area contributed by atoms with E-state index in [1.165, 1.54) is 16.5 Å². The average Bonchev–Trinajstić information content (AvgIpc) is 2.66. The molecule has 0 fully saturated rings. The van der Waals surface area contributed by atoms with Crippen LogP contribution in [0.3, 0.4) is 0 Å². The number of furan rings is 1. The van der Waals surface area contributed by atoms with Crippen LogP contribution in [0.25, 0.3) is 11.0 Å². The Morgan fingerprint density at radius 2 is 1.89 bits per heavy atom. The SMILES string of the molecule is CCNCc1cc2cc(C)cc(C(C)(C)C)c2o1. The molecule has 0 spiro atoms. The molecule has 0 saturated carbocycles. The first-order chi connectivity index (χ1) is 8.41. The first-order valence-corrected chi connectivity index (χ1v) is 6.66. The summed E-state index contributed by atoms with van der Waals surface area (Å²) in [5.74, 6) is 1.02. The average molecular weight is 245 g/mol. The molecule has 98 valence electrons.